The number of thiophene rings is 1. The molecule has 8 rings (SSSR count). The summed E-state index contributed by atoms with van der Waals surface area (Å²) in [5.41, 5.74) is 3.70. The largest absolute Gasteiger partial charge is 0.336 e. The lowest BCUT2D eigenvalue weighted by molar-refractivity contribution is 0.0776. The van der Waals surface area contributed by atoms with E-state index in [1.165, 1.54) is 17.5 Å². The molecule has 9 nitrogen and oxygen atoms in total. The number of carbonyl (C=O) groups excluding carboxylic acids is 1. The lowest BCUT2D eigenvalue weighted by atomic mass is 9.84. The summed E-state index contributed by atoms with van der Waals surface area (Å²) in [6.07, 6.45) is 9.14. The van der Waals surface area contributed by atoms with Crippen LogP contribution >= 0.6 is 11.3 Å². The normalized spacial score (nSPS) is 14.3. The Kier molecular flexibility index (Phi) is 4.19. The second-order valence-corrected chi connectivity index (χ2v) is 10.4. The van der Waals surface area contributed by atoms with E-state index >= 15 is 4.39 Å². The van der Waals surface area contributed by atoms with Gasteiger partial charge in [0, 0.05) is 35.3 Å². The smallest absolute Gasteiger partial charge is 0.235 e. The molecule has 1 aliphatic rings. The van der Waals surface area contributed by atoms with Gasteiger partial charge in [0.15, 0.2) is 11.3 Å². The fraction of sp³-hybridized carbons (Fsp3) is 0.154. The molecule has 37 heavy (non-hydrogen) atoms. The Bertz CT molecular complexity index is 2130. The zero-order valence-corrected chi connectivity index (χ0v) is 20.0. The average molecular weight is 509 g/mol. The quantitative estimate of drug-likeness (QED) is 0.289. The summed E-state index contributed by atoms with van der Waals surface area (Å²) < 4.78 is 18.7. The molecule has 0 aromatic carbocycles. The highest BCUT2D eigenvalue weighted by molar-refractivity contribution is 7.24. The molecule has 2 N–H and O–H groups in total. The predicted octanol–water partition coefficient (Wildman–Crippen LogP) is 5.80. The van der Waals surface area contributed by atoms with Crippen LogP contribution in [0.25, 0.3) is 64.6 Å². The molecule has 0 radical (unpaired) electrons. The van der Waals surface area contributed by atoms with Crippen molar-refractivity contribution < 1.29 is 9.18 Å². The van der Waals surface area contributed by atoms with E-state index in [0.717, 1.165) is 34.3 Å². The number of aromatic amines is 2. The van der Waals surface area contributed by atoms with Crippen molar-refractivity contribution in [2.45, 2.75) is 19.3 Å². The Labute approximate surface area is 210 Å². The minimum absolute atomic E-state index is 0.0160. The van der Waals surface area contributed by atoms with Crippen LogP contribution < -0.4 is 0 Å². The predicted molar refractivity (Wildman–Crippen MR) is 141 cm³/mol. The van der Waals surface area contributed by atoms with Crippen LogP contribution in [0.5, 0.6) is 0 Å². The van der Waals surface area contributed by atoms with Crippen LogP contribution in [-0.4, -0.2) is 45.6 Å². The zero-order valence-electron chi connectivity index (χ0n) is 19.2. The monoisotopic (exact) mass is 508 g/mol. The molecule has 180 valence electrons. The van der Waals surface area contributed by atoms with Gasteiger partial charge in [-0.1, -0.05) is 6.42 Å². The first kappa shape index (κ1) is 20.7. The lowest BCUT2D eigenvalue weighted by Crippen LogP contribution is -2.27. The number of carbonyl (C=O) groups is 1. The van der Waals surface area contributed by atoms with Gasteiger partial charge in [-0.2, -0.15) is 5.10 Å². The highest BCUT2D eigenvalue weighted by Gasteiger charge is 2.27. The van der Waals surface area contributed by atoms with E-state index in [1.54, 1.807) is 29.2 Å². The first-order valence-corrected chi connectivity index (χ1v) is 12.7. The van der Waals surface area contributed by atoms with Crippen molar-refractivity contribution in [1.82, 2.24) is 39.7 Å². The molecule has 8 bridgehead atoms. The molecule has 0 atom stereocenters. The maximum Gasteiger partial charge on any atom is 0.235 e. The van der Waals surface area contributed by atoms with Gasteiger partial charge in [-0.05, 0) is 37.1 Å². The summed E-state index contributed by atoms with van der Waals surface area (Å²) in [6, 6.07) is 7.49. The van der Waals surface area contributed by atoms with Gasteiger partial charge in [-0.15, -0.1) is 11.3 Å². The fourth-order valence-electron chi connectivity index (χ4n) is 5.03. The Hall–Kier alpha value is -4.51. The molecule has 7 aromatic heterocycles. The van der Waals surface area contributed by atoms with Crippen molar-refractivity contribution in [2.24, 2.45) is 5.92 Å². The Morgan fingerprint density at radius 3 is 2.84 bits per heavy atom. The fourth-order valence-corrected chi connectivity index (χ4v) is 6.06. The van der Waals surface area contributed by atoms with Crippen molar-refractivity contribution in [2.75, 3.05) is 0 Å². The molecule has 0 spiro atoms. The number of fused-ring (bicyclic) bond motifs is 9. The van der Waals surface area contributed by atoms with E-state index in [9.17, 15) is 4.79 Å². The number of aromatic nitrogens is 8. The lowest BCUT2D eigenvalue weighted by Gasteiger charge is -2.24. The minimum Gasteiger partial charge on any atom is -0.336 e. The second kappa shape index (κ2) is 7.50. The number of halogens is 1. The number of imidazole rings is 1. The highest BCUT2D eigenvalue weighted by atomic mass is 32.1. The number of nitrogens with zero attached hydrogens (tertiary/aromatic N) is 6. The molecular weight excluding hydrogens is 491 g/mol. The molecule has 1 aliphatic carbocycles. The number of hydrogen-bond acceptors (Lipinski definition) is 7. The van der Waals surface area contributed by atoms with Gasteiger partial charge in [0.2, 0.25) is 5.91 Å². The molecular formula is C26H17FN8OS. The van der Waals surface area contributed by atoms with Gasteiger partial charge in [0.1, 0.15) is 27.2 Å². The SMILES string of the molecule is O=C(C1CCC1)n1c2cncc(c2)c2cnc3[nH]nc(c4nc5c(ccnc5c5ccc1s5)[nH]4)c3c2F. The van der Waals surface area contributed by atoms with E-state index in [2.05, 4.69) is 30.1 Å². The summed E-state index contributed by atoms with van der Waals surface area (Å²) in [6.45, 7) is 0. The topological polar surface area (TPSA) is 118 Å². The standard InChI is InChI=1S/C26H17FN8OS/c27-20-15-11-30-24-19(20)23(33-34-24)25-31-16-6-7-29-22(21(16)32-25)17-4-5-18(37-17)35(26(36)12-2-1-3-12)14-8-13(15)9-28-10-14/h4-12H,1-3H2,(H,31,32)(H,30,33,34). The maximum atomic E-state index is 16.1. The average Bonchev–Trinajstić information content (AvgIpc) is 3.61. The summed E-state index contributed by atoms with van der Waals surface area (Å²) >= 11 is 1.46. The maximum absolute atomic E-state index is 16.1. The van der Waals surface area contributed by atoms with Crippen molar-refractivity contribution in [3.05, 3.63) is 54.9 Å². The van der Waals surface area contributed by atoms with Gasteiger partial charge < -0.3 is 4.98 Å². The molecule has 1 fully saturated rings. The van der Waals surface area contributed by atoms with E-state index in [4.69, 9.17) is 4.98 Å². The number of rotatable bonds is 1. The van der Waals surface area contributed by atoms with E-state index < -0.39 is 5.82 Å². The summed E-state index contributed by atoms with van der Waals surface area (Å²) in [5.74, 6) is -0.520. The Morgan fingerprint density at radius 1 is 1.05 bits per heavy atom. The van der Waals surface area contributed by atoms with Gasteiger partial charge in [0.05, 0.1) is 27.3 Å². The van der Waals surface area contributed by atoms with Crippen molar-refractivity contribution in [3.63, 3.8) is 0 Å². The summed E-state index contributed by atoms with van der Waals surface area (Å²) in [7, 11) is 0. The van der Waals surface area contributed by atoms with Gasteiger partial charge in [-0.25, -0.2) is 14.4 Å². The molecule has 11 heteroatoms. The number of hydrogen-bond donors (Lipinski definition) is 2. The number of pyridine rings is 3. The third kappa shape index (κ3) is 2.94. The second-order valence-electron chi connectivity index (χ2n) is 9.29. The van der Waals surface area contributed by atoms with Gasteiger partial charge in [0.25, 0.3) is 0 Å². The molecule has 7 aromatic rings. The van der Waals surface area contributed by atoms with Crippen LogP contribution in [-0.2, 0) is 0 Å². The molecule has 0 aliphatic heterocycles. The molecule has 1 saturated carbocycles. The first-order chi connectivity index (χ1) is 18.2. The Balaban J connectivity index is 1.64. The van der Waals surface area contributed by atoms with Gasteiger partial charge >= 0.3 is 0 Å². The molecule has 0 unspecified atom stereocenters. The summed E-state index contributed by atoms with van der Waals surface area (Å²) in [4.78, 5) is 35.9. The van der Waals surface area contributed by atoms with Crippen LogP contribution in [0, 0.1) is 11.7 Å². The number of H-pyrrole nitrogens is 2. The first-order valence-electron chi connectivity index (χ1n) is 11.9. The van der Waals surface area contributed by atoms with Crippen LogP contribution in [0.1, 0.15) is 24.1 Å². The van der Waals surface area contributed by atoms with E-state index in [0.29, 0.717) is 38.7 Å². The molecule has 0 saturated heterocycles. The van der Waals surface area contributed by atoms with Gasteiger partial charge in [-0.3, -0.25) is 24.4 Å². The summed E-state index contributed by atoms with van der Waals surface area (Å²) in [5, 5.41) is 8.17. The van der Waals surface area contributed by atoms with Crippen molar-refractivity contribution in [3.8, 4) is 0 Å². The van der Waals surface area contributed by atoms with Crippen LogP contribution in [0.4, 0.5) is 4.39 Å². The third-order valence-electron chi connectivity index (χ3n) is 7.16. The van der Waals surface area contributed by atoms with Crippen molar-refractivity contribution >= 4 is 81.8 Å². The van der Waals surface area contributed by atoms with Crippen LogP contribution in [0.2, 0.25) is 0 Å². The van der Waals surface area contributed by atoms with Crippen LogP contribution in [0.15, 0.2) is 49.1 Å². The van der Waals surface area contributed by atoms with E-state index in [1.807, 2.05) is 18.2 Å². The van der Waals surface area contributed by atoms with Crippen molar-refractivity contribution in [1.29, 1.82) is 0 Å². The van der Waals surface area contributed by atoms with Crippen LogP contribution in [0.3, 0.4) is 0 Å². The molecule has 0 amide bonds. The molecule has 7 heterocycles. The highest BCUT2D eigenvalue weighted by Crippen LogP contribution is 2.33. The number of nitrogens with one attached hydrogen (secondary N) is 2. The third-order valence-corrected chi connectivity index (χ3v) is 8.24. The zero-order chi connectivity index (χ0) is 24.7. The minimum atomic E-state index is -0.490. The Morgan fingerprint density at radius 2 is 1.97 bits per heavy atom. The van der Waals surface area contributed by atoms with E-state index in [-0.39, 0.29) is 22.6 Å².